The lowest BCUT2D eigenvalue weighted by Crippen LogP contribution is -1.83. The van der Waals surface area contributed by atoms with Gasteiger partial charge >= 0.3 is 0 Å². The van der Waals surface area contributed by atoms with Crippen molar-refractivity contribution in [3.63, 3.8) is 0 Å². The highest BCUT2D eigenvalue weighted by atomic mass is 14.0. The molecule has 22 heavy (non-hydrogen) atoms. The third kappa shape index (κ3) is 3.75. The van der Waals surface area contributed by atoms with Crippen molar-refractivity contribution in [2.45, 2.75) is 19.3 Å². The molecule has 3 aromatic carbocycles. The van der Waals surface area contributed by atoms with Gasteiger partial charge in [0.1, 0.15) is 0 Å². The van der Waals surface area contributed by atoms with Crippen molar-refractivity contribution in [3.8, 4) is 0 Å². The smallest absolute Gasteiger partial charge is 0.00152 e. The molecule has 0 radical (unpaired) electrons. The fourth-order valence-corrected chi connectivity index (χ4v) is 2.69. The summed E-state index contributed by atoms with van der Waals surface area (Å²) in [6, 6.07) is 25.6. The van der Waals surface area contributed by atoms with Crippen molar-refractivity contribution in [3.05, 3.63) is 102 Å². The number of hydrogen-bond acceptors (Lipinski definition) is 0. The summed E-state index contributed by atoms with van der Waals surface area (Å²) < 4.78 is 0. The lowest BCUT2D eigenvalue weighted by Gasteiger charge is -2.02. The van der Waals surface area contributed by atoms with Crippen LogP contribution in [0.5, 0.6) is 0 Å². The number of benzene rings is 3. The summed E-state index contributed by atoms with van der Waals surface area (Å²) in [6.07, 6.45) is 7.32. The van der Waals surface area contributed by atoms with Crippen LogP contribution in [-0.4, -0.2) is 0 Å². The molecular formula is C22H20. The highest BCUT2D eigenvalue weighted by molar-refractivity contribution is 5.85. The van der Waals surface area contributed by atoms with E-state index in [9.17, 15) is 0 Å². The number of rotatable bonds is 5. The van der Waals surface area contributed by atoms with Crippen molar-refractivity contribution in [2.24, 2.45) is 0 Å². The molecule has 0 aliphatic rings. The van der Waals surface area contributed by atoms with Crippen LogP contribution in [0.4, 0.5) is 0 Å². The van der Waals surface area contributed by atoms with Gasteiger partial charge in [0.15, 0.2) is 0 Å². The second kappa shape index (κ2) is 7.45. The highest BCUT2D eigenvalue weighted by Crippen LogP contribution is 2.18. The molecule has 0 aliphatic heterocycles. The van der Waals surface area contributed by atoms with Crippen LogP contribution < -0.4 is 0 Å². The maximum atomic E-state index is 3.32. The Labute approximate surface area is 132 Å². The van der Waals surface area contributed by atoms with Gasteiger partial charge in [0.05, 0.1) is 0 Å². The first-order valence-electron chi connectivity index (χ1n) is 7.83. The van der Waals surface area contributed by atoms with Gasteiger partial charge in [0, 0.05) is 0 Å². The van der Waals surface area contributed by atoms with Gasteiger partial charge in [-0.15, -0.1) is 5.73 Å². The van der Waals surface area contributed by atoms with Crippen molar-refractivity contribution in [1.29, 1.82) is 0 Å². The fourth-order valence-electron chi connectivity index (χ4n) is 2.69. The van der Waals surface area contributed by atoms with E-state index in [0.29, 0.717) is 0 Å². The summed E-state index contributed by atoms with van der Waals surface area (Å²) >= 11 is 0. The molecule has 0 saturated heterocycles. The van der Waals surface area contributed by atoms with Crippen molar-refractivity contribution in [2.75, 3.05) is 0 Å². The molecule has 108 valence electrons. The SMILES string of the molecule is C(=CCCc1ccccc1)=CCc1cccc2ccccc12. The van der Waals surface area contributed by atoms with Crippen LogP contribution in [0.1, 0.15) is 17.5 Å². The van der Waals surface area contributed by atoms with Crippen LogP contribution in [-0.2, 0) is 12.8 Å². The van der Waals surface area contributed by atoms with E-state index in [1.807, 2.05) is 0 Å². The minimum Gasteiger partial charge on any atom is -0.129 e. The van der Waals surface area contributed by atoms with Crippen molar-refractivity contribution < 1.29 is 0 Å². The molecule has 0 nitrogen and oxygen atoms in total. The van der Waals surface area contributed by atoms with E-state index < -0.39 is 0 Å². The highest BCUT2D eigenvalue weighted by Gasteiger charge is 1.97. The summed E-state index contributed by atoms with van der Waals surface area (Å²) in [5, 5.41) is 2.65. The number of aryl methyl sites for hydroxylation is 1. The standard InChI is InChI=1S/C22H20/c1(4-11-19-12-5-3-6-13-19)2-7-14-20-16-10-17-21-15-8-9-18-22(20)21/h1,3,5-10,12-13,15-18H,4,11,14H2. The zero-order chi connectivity index (χ0) is 15.0. The van der Waals surface area contributed by atoms with Gasteiger partial charge in [0.25, 0.3) is 0 Å². The van der Waals surface area contributed by atoms with Crippen LogP contribution in [0.3, 0.4) is 0 Å². The van der Waals surface area contributed by atoms with Crippen LogP contribution in [0.25, 0.3) is 10.8 Å². The maximum absolute atomic E-state index is 3.32. The topological polar surface area (TPSA) is 0 Å². The van der Waals surface area contributed by atoms with Crippen LogP contribution in [0, 0.1) is 0 Å². The Hall–Kier alpha value is -2.56. The molecule has 0 fully saturated rings. The van der Waals surface area contributed by atoms with Gasteiger partial charge in [0.2, 0.25) is 0 Å². The third-order valence-electron chi connectivity index (χ3n) is 3.86. The first kappa shape index (κ1) is 14.4. The molecule has 3 aromatic rings. The molecule has 0 aromatic heterocycles. The Bertz CT molecular complexity index is 785. The van der Waals surface area contributed by atoms with Crippen LogP contribution >= 0.6 is 0 Å². The summed E-state index contributed by atoms with van der Waals surface area (Å²) in [5.41, 5.74) is 6.07. The van der Waals surface area contributed by atoms with Crippen molar-refractivity contribution in [1.82, 2.24) is 0 Å². The Balaban J connectivity index is 1.60. The minimum absolute atomic E-state index is 0.934. The summed E-state index contributed by atoms with van der Waals surface area (Å²) in [4.78, 5) is 0. The minimum atomic E-state index is 0.934. The molecule has 0 aliphatic carbocycles. The average Bonchev–Trinajstić information content (AvgIpc) is 2.59. The number of hydrogen-bond donors (Lipinski definition) is 0. The Morgan fingerprint density at radius 1 is 0.727 bits per heavy atom. The molecule has 0 saturated carbocycles. The van der Waals surface area contributed by atoms with Crippen LogP contribution in [0.15, 0.2) is 90.7 Å². The van der Waals surface area contributed by atoms with Gasteiger partial charge < -0.3 is 0 Å². The van der Waals surface area contributed by atoms with Gasteiger partial charge in [-0.1, -0.05) is 72.8 Å². The first-order valence-corrected chi connectivity index (χ1v) is 7.83. The average molecular weight is 284 g/mol. The predicted molar refractivity (Wildman–Crippen MR) is 95.1 cm³/mol. The second-order valence-corrected chi connectivity index (χ2v) is 5.44. The molecule has 0 spiro atoms. The monoisotopic (exact) mass is 284 g/mol. The Morgan fingerprint density at radius 3 is 2.41 bits per heavy atom. The molecule has 0 N–H and O–H groups in total. The molecule has 0 bridgehead atoms. The largest absolute Gasteiger partial charge is 0.129 e. The normalized spacial score (nSPS) is 10.2. The quantitative estimate of drug-likeness (QED) is 0.525. The lowest BCUT2D eigenvalue weighted by atomic mass is 10.0. The van der Waals surface area contributed by atoms with E-state index in [-0.39, 0.29) is 0 Å². The summed E-state index contributed by atoms with van der Waals surface area (Å²) in [5.74, 6) is 0. The van der Waals surface area contributed by atoms with E-state index in [1.54, 1.807) is 0 Å². The first-order chi connectivity index (χ1) is 10.9. The fraction of sp³-hybridized carbons (Fsp3) is 0.136. The molecule has 0 heterocycles. The van der Waals surface area contributed by atoms with E-state index in [2.05, 4.69) is 90.7 Å². The van der Waals surface area contributed by atoms with Gasteiger partial charge in [-0.3, -0.25) is 0 Å². The Morgan fingerprint density at radius 2 is 1.50 bits per heavy atom. The van der Waals surface area contributed by atoms with E-state index in [0.717, 1.165) is 19.3 Å². The summed E-state index contributed by atoms with van der Waals surface area (Å²) in [7, 11) is 0. The Kier molecular flexibility index (Phi) is 4.87. The zero-order valence-electron chi connectivity index (χ0n) is 12.7. The van der Waals surface area contributed by atoms with Crippen molar-refractivity contribution >= 4 is 10.8 Å². The van der Waals surface area contributed by atoms with Gasteiger partial charge in [-0.25, -0.2) is 0 Å². The van der Waals surface area contributed by atoms with E-state index >= 15 is 0 Å². The van der Waals surface area contributed by atoms with Crippen LogP contribution in [0.2, 0.25) is 0 Å². The molecule has 0 atom stereocenters. The predicted octanol–water partition coefficient (Wildman–Crippen LogP) is 5.73. The van der Waals surface area contributed by atoms with Gasteiger partial charge in [-0.2, -0.15) is 0 Å². The molecule has 0 amide bonds. The van der Waals surface area contributed by atoms with Gasteiger partial charge in [-0.05, 0) is 53.3 Å². The molecule has 0 heteroatoms. The molecule has 0 unspecified atom stereocenters. The molecule has 3 rings (SSSR count). The molecular weight excluding hydrogens is 264 g/mol. The third-order valence-corrected chi connectivity index (χ3v) is 3.86. The number of fused-ring (bicyclic) bond motifs is 1. The number of allylic oxidation sites excluding steroid dienone is 1. The lowest BCUT2D eigenvalue weighted by molar-refractivity contribution is 1.00. The summed E-state index contributed by atoms with van der Waals surface area (Å²) in [6.45, 7) is 0. The van der Waals surface area contributed by atoms with E-state index in [1.165, 1.54) is 21.9 Å². The maximum Gasteiger partial charge on any atom is -0.00152 e. The second-order valence-electron chi connectivity index (χ2n) is 5.44. The zero-order valence-corrected chi connectivity index (χ0v) is 12.7. The van der Waals surface area contributed by atoms with E-state index in [4.69, 9.17) is 0 Å².